The number of rotatable bonds is 4. The van der Waals surface area contributed by atoms with Gasteiger partial charge < -0.3 is 10.0 Å². The molecule has 146 valence electrons. The number of carbonyl (C=O) groups excluding carboxylic acids is 1. The third kappa shape index (κ3) is 4.63. The average molecular weight is 379 g/mol. The van der Waals surface area contributed by atoms with E-state index in [1.807, 2.05) is 32.1 Å². The van der Waals surface area contributed by atoms with Gasteiger partial charge in [0.1, 0.15) is 5.82 Å². The molecule has 1 aromatic heterocycles. The van der Waals surface area contributed by atoms with Crippen LogP contribution in [0.3, 0.4) is 0 Å². The predicted octanol–water partition coefficient (Wildman–Crippen LogP) is 4.16. The Labute approximate surface area is 164 Å². The van der Waals surface area contributed by atoms with Crippen molar-refractivity contribution < 1.29 is 14.7 Å². The maximum Gasteiger partial charge on any atom is 0.407 e. The van der Waals surface area contributed by atoms with E-state index in [9.17, 15) is 9.59 Å². The maximum absolute atomic E-state index is 12.9. The van der Waals surface area contributed by atoms with E-state index in [-0.39, 0.29) is 11.7 Å². The molecule has 2 heterocycles. The highest BCUT2D eigenvalue weighted by Crippen LogP contribution is 2.29. The summed E-state index contributed by atoms with van der Waals surface area (Å²) in [4.78, 5) is 34.2. The summed E-state index contributed by atoms with van der Waals surface area (Å²) in [7, 11) is 0. The van der Waals surface area contributed by atoms with Crippen LogP contribution in [0, 0.1) is 20.8 Å². The molecule has 1 saturated heterocycles. The largest absolute Gasteiger partial charge is 0.465 e. The van der Waals surface area contributed by atoms with Crippen molar-refractivity contribution in [2.75, 3.05) is 13.1 Å². The fourth-order valence-electron chi connectivity index (χ4n) is 3.70. The van der Waals surface area contributed by atoms with Gasteiger partial charge in [-0.3, -0.25) is 4.79 Å². The Hall–Kier alpha value is -3.02. The molecule has 1 aliphatic rings. The molecular weight excluding hydrogens is 354 g/mol. The predicted molar refractivity (Wildman–Crippen MR) is 108 cm³/mol. The Morgan fingerprint density at radius 3 is 2.36 bits per heavy atom. The Kier molecular flexibility index (Phi) is 5.87. The van der Waals surface area contributed by atoms with Gasteiger partial charge in [-0.15, -0.1) is 0 Å². The molecular formula is C22H25N3O3. The summed E-state index contributed by atoms with van der Waals surface area (Å²) >= 11 is 0. The van der Waals surface area contributed by atoms with Gasteiger partial charge in [-0.1, -0.05) is 35.4 Å². The molecule has 6 nitrogen and oxygen atoms in total. The summed E-state index contributed by atoms with van der Waals surface area (Å²) in [5.41, 5.74) is 4.51. The first-order valence-corrected chi connectivity index (χ1v) is 9.45. The lowest BCUT2D eigenvalue weighted by atomic mass is 9.89. The minimum absolute atomic E-state index is 0.0610. The third-order valence-electron chi connectivity index (χ3n) is 5.03. The van der Waals surface area contributed by atoms with Gasteiger partial charge in [-0.2, -0.15) is 0 Å². The first-order valence-electron chi connectivity index (χ1n) is 9.45. The molecule has 1 aromatic carbocycles. The number of piperidine rings is 1. The standard InChI is InChI=1S/C22H25N3O3/c1-14-10-15(2)12-17(11-14)4-5-20(26)19-13-23-16(3)24-21(19)18-6-8-25(9-7-18)22(27)28/h4-5,10-13,18H,6-9H2,1-3H3,(H,27,28). The van der Waals surface area contributed by atoms with E-state index in [4.69, 9.17) is 5.11 Å². The van der Waals surface area contributed by atoms with Crippen molar-refractivity contribution in [3.05, 3.63) is 64.2 Å². The second kappa shape index (κ2) is 8.33. The van der Waals surface area contributed by atoms with Crippen LogP contribution in [0.4, 0.5) is 4.79 Å². The van der Waals surface area contributed by atoms with Crippen LogP contribution in [0.1, 0.15) is 57.3 Å². The molecule has 28 heavy (non-hydrogen) atoms. The van der Waals surface area contributed by atoms with Crippen LogP contribution < -0.4 is 0 Å². The molecule has 1 fully saturated rings. The number of hydrogen-bond donors (Lipinski definition) is 1. The number of benzene rings is 1. The zero-order valence-electron chi connectivity index (χ0n) is 16.5. The van der Waals surface area contributed by atoms with E-state index in [1.165, 1.54) is 4.90 Å². The number of nitrogens with zero attached hydrogens (tertiary/aromatic N) is 3. The van der Waals surface area contributed by atoms with Crippen molar-refractivity contribution >= 4 is 18.0 Å². The summed E-state index contributed by atoms with van der Waals surface area (Å²) < 4.78 is 0. The van der Waals surface area contributed by atoms with Crippen LogP contribution in [-0.2, 0) is 0 Å². The molecule has 0 unspecified atom stereocenters. The van der Waals surface area contributed by atoms with Gasteiger partial charge in [0.2, 0.25) is 0 Å². The monoisotopic (exact) mass is 379 g/mol. The summed E-state index contributed by atoms with van der Waals surface area (Å²) in [6, 6.07) is 6.16. The highest BCUT2D eigenvalue weighted by atomic mass is 16.4. The van der Waals surface area contributed by atoms with Crippen LogP contribution in [0.25, 0.3) is 6.08 Å². The molecule has 1 aliphatic heterocycles. The first-order chi connectivity index (χ1) is 13.3. The Morgan fingerprint density at radius 1 is 1.11 bits per heavy atom. The van der Waals surface area contributed by atoms with Crippen molar-refractivity contribution in [1.29, 1.82) is 0 Å². The highest BCUT2D eigenvalue weighted by Gasteiger charge is 2.27. The van der Waals surface area contributed by atoms with Crippen molar-refractivity contribution in [3.8, 4) is 0 Å². The quantitative estimate of drug-likeness (QED) is 0.637. The minimum atomic E-state index is -0.898. The second-order valence-corrected chi connectivity index (χ2v) is 7.38. The van der Waals surface area contributed by atoms with Crippen LogP contribution in [0.2, 0.25) is 0 Å². The normalized spacial score (nSPS) is 15.2. The molecule has 1 N–H and O–H groups in total. The smallest absolute Gasteiger partial charge is 0.407 e. The topological polar surface area (TPSA) is 83.4 Å². The van der Waals surface area contributed by atoms with Gasteiger partial charge in [0.15, 0.2) is 5.78 Å². The Bertz CT molecular complexity index is 908. The van der Waals surface area contributed by atoms with E-state index >= 15 is 0 Å². The van der Waals surface area contributed by atoms with Gasteiger partial charge in [0.25, 0.3) is 0 Å². The summed E-state index contributed by atoms with van der Waals surface area (Å²) in [6.07, 6.45) is 5.39. The van der Waals surface area contributed by atoms with E-state index in [0.29, 0.717) is 37.3 Å². The molecule has 1 amide bonds. The van der Waals surface area contributed by atoms with E-state index in [1.54, 1.807) is 19.2 Å². The van der Waals surface area contributed by atoms with Gasteiger partial charge in [-0.05, 0) is 45.3 Å². The van der Waals surface area contributed by atoms with Gasteiger partial charge in [-0.25, -0.2) is 14.8 Å². The zero-order valence-corrected chi connectivity index (χ0v) is 16.5. The number of ketones is 1. The molecule has 3 rings (SSSR count). The summed E-state index contributed by atoms with van der Waals surface area (Å²) in [5.74, 6) is 0.547. The SMILES string of the molecule is Cc1cc(C)cc(C=CC(=O)c2cnc(C)nc2C2CCN(C(=O)O)CC2)c1. The van der Waals surface area contributed by atoms with Crippen LogP contribution in [-0.4, -0.2) is 44.9 Å². The van der Waals surface area contributed by atoms with Gasteiger partial charge in [0, 0.05) is 25.2 Å². The van der Waals surface area contributed by atoms with E-state index < -0.39 is 6.09 Å². The number of likely N-dealkylation sites (tertiary alicyclic amines) is 1. The highest BCUT2D eigenvalue weighted by molar-refractivity contribution is 6.07. The van der Waals surface area contributed by atoms with Crippen LogP contribution in [0.5, 0.6) is 0 Å². The summed E-state index contributed by atoms with van der Waals surface area (Å²) in [5, 5.41) is 9.14. The number of hydrogen-bond acceptors (Lipinski definition) is 4. The van der Waals surface area contributed by atoms with Gasteiger partial charge >= 0.3 is 6.09 Å². The van der Waals surface area contributed by atoms with E-state index in [0.717, 1.165) is 22.4 Å². The number of aryl methyl sites for hydroxylation is 3. The number of carbonyl (C=O) groups is 2. The van der Waals surface area contributed by atoms with Crippen molar-refractivity contribution in [2.45, 2.75) is 39.5 Å². The first kappa shape index (κ1) is 19.7. The minimum Gasteiger partial charge on any atom is -0.465 e. The third-order valence-corrected chi connectivity index (χ3v) is 5.03. The van der Waals surface area contributed by atoms with Crippen molar-refractivity contribution in [1.82, 2.24) is 14.9 Å². The number of carboxylic acid groups (broad SMARTS) is 1. The lowest BCUT2D eigenvalue weighted by molar-refractivity contribution is 0.104. The molecule has 0 atom stereocenters. The number of allylic oxidation sites excluding steroid dienone is 1. The van der Waals surface area contributed by atoms with Crippen molar-refractivity contribution in [2.24, 2.45) is 0 Å². The fraction of sp³-hybridized carbons (Fsp3) is 0.364. The molecule has 0 spiro atoms. The molecule has 0 bridgehead atoms. The molecule has 0 aliphatic carbocycles. The fourth-order valence-corrected chi connectivity index (χ4v) is 3.70. The molecule has 0 radical (unpaired) electrons. The lowest BCUT2D eigenvalue weighted by Gasteiger charge is -2.30. The zero-order chi connectivity index (χ0) is 20.3. The maximum atomic E-state index is 12.9. The molecule has 2 aromatic rings. The second-order valence-electron chi connectivity index (χ2n) is 7.38. The molecule has 0 saturated carbocycles. The number of aromatic nitrogens is 2. The van der Waals surface area contributed by atoms with Crippen LogP contribution >= 0.6 is 0 Å². The van der Waals surface area contributed by atoms with Crippen LogP contribution in [0.15, 0.2) is 30.5 Å². The average Bonchev–Trinajstić information content (AvgIpc) is 2.65. The Morgan fingerprint density at radius 2 is 1.75 bits per heavy atom. The van der Waals surface area contributed by atoms with E-state index in [2.05, 4.69) is 16.0 Å². The summed E-state index contributed by atoms with van der Waals surface area (Å²) in [6.45, 7) is 6.77. The molecule has 6 heteroatoms. The number of amides is 1. The van der Waals surface area contributed by atoms with Gasteiger partial charge in [0.05, 0.1) is 11.3 Å². The van der Waals surface area contributed by atoms with Crippen molar-refractivity contribution in [3.63, 3.8) is 0 Å². The lowest BCUT2D eigenvalue weighted by Crippen LogP contribution is -2.37. The Balaban J connectivity index is 1.83.